The molecule has 0 fully saturated rings. The number of nitrogens with zero attached hydrogens (tertiary/aromatic N) is 3. The normalized spacial score (nSPS) is 11.7. The summed E-state index contributed by atoms with van der Waals surface area (Å²) in [7, 11) is 0. The molecule has 2 aliphatic heterocycles. The minimum absolute atomic E-state index is 0.815. The molecule has 228 valence electrons. The predicted octanol–water partition coefficient (Wildman–Crippen LogP) is 11.9. The molecular weight excluding hydrogens is 599 g/mol. The van der Waals surface area contributed by atoms with Gasteiger partial charge in [0.1, 0.15) is 11.3 Å². The van der Waals surface area contributed by atoms with Gasteiger partial charge in [-0.2, -0.15) is 0 Å². The molecule has 4 nitrogen and oxygen atoms in total. The molecule has 0 spiro atoms. The minimum Gasteiger partial charge on any atom is -0.455 e. The first-order chi connectivity index (χ1) is 24.3. The SMILES string of the molecule is c1cncc(-c2cc(-c3cccnc3)cc(-c3c4ccccc4c(-c4oc5ccccc5c5nc6ccccc6c4-5)c4ccccc34)c2)c1. The van der Waals surface area contributed by atoms with E-state index in [1.54, 1.807) is 0 Å². The smallest absolute Gasteiger partial charge is 0.146 e. The fourth-order valence-corrected chi connectivity index (χ4v) is 7.46. The molecule has 0 bridgehead atoms. The number of benzene rings is 6. The highest BCUT2D eigenvalue weighted by molar-refractivity contribution is 6.24. The summed E-state index contributed by atoms with van der Waals surface area (Å²) < 4.78 is 6.99. The predicted molar refractivity (Wildman–Crippen MR) is 200 cm³/mol. The Kier molecular flexibility index (Phi) is 6.15. The second-order valence-electron chi connectivity index (χ2n) is 12.4. The molecule has 4 heteroatoms. The molecule has 49 heavy (non-hydrogen) atoms. The fourth-order valence-electron chi connectivity index (χ4n) is 7.46. The lowest BCUT2D eigenvalue weighted by atomic mass is 9.84. The van der Waals surface area contributed by atoms with Gasteiger partial charge in [-0.05, 0) is 92.3 Å². The van der Waals surface area contributed by atoms with Crippen molar-refractivity contribution in [1.29, 1.82) is 0 Å². The van der Waals surface area contributed by atoms with Gasteiger partial charge in [0.05, 0.1) is 16.8 Å². The van der Waals surface area contributed by atoms with Crippen LogP contribution in [0, 0.1) is 0 Å². The molecule has 0 saturated heterocycles. The van der Waals surface area contributed by atoms with Gasteiger partial charge in [-0.3, -0.25) is 9.97 Å². The molecule has 0 aliphatic carbocycles. The van der Waals surface area contributed by atoms with Gasteiger partial charge in [0.15, 0.2) is 0 Å². The third-order valence-electron chi connectivity index (χ3n) is 9.59. The molecular formula is C45H27N3O. The van der Waals surface area contributed by atoms with E-state index >= 15 is 0 Å². The first-order valence-corrected chi connectivity index (χ1v) is 16.4. The lowest BCUT2D eigenvalue weighted by molar-refractivity contribution is 0.623. The number of hydrogen-bond donors (Lipinski definition) is 0. The van der Waals surface area contributed by atoms with Crippen LogP contribution in [-0.2, 0) is 0 Å². The van der Waals surface area contributed by atoms with Crippen LogP contribution in [0.25, 0.3) is 99.4 Å². The van der Waals surface area contributed by atoms with Crippen molar-refractivity contribution in [2.75, 3.05) is 0 Å². The molecule has 0 N–H and O–H groups in total. The third kappa shape index (κ3) is 4.35. The number of pyridine rings is 2. The van der Waals surface area contributed by atoms with E-state index in [4.69, 9.17) is 9.40 Å². The van der Waals surface area contributed by atoms with E-state index < -0.39 is 0 Å². The van der Waals surface area contributed by atoms with E-state index in [0.29, 0.717) is 0 Å². The van der Waals surface area contributed by atoms with Gasteiger partial charge in [0.2, 0.25) is 0 Å². The minimum atomic E-state index is 0.815. The quantitative estimate of drug-likeness (QED) is 0.183. The zero-order valence-electron chi connectivity index (χ0n) is 26.3. The van der Waals surface area contributed by atoms with Crippen molar-refractivity contribution in [3.63, 3.8) is 0 Å². The average molecular weight is 626 g/mol. The summed E-state index contributed by atoms with van der Waals surface area (Å²) in [5.74, 6) is 0.835. The van der Waals surface area contributed by atoms with Crippen LogP contribution in [0.5, 0.6) is 0 Å². The highest BCUT2D eigenvalue weighted by Crippen LogP contribution is 2.50. The molecule has 0 atom stereocenters. The van der Waals surface area contributed by atoms with Crippen LogP contribution in [0.3, 0.4) is 0 Å². The van der Waals surface area contributed by atoms with Crippen molar-refractivity contribution in [3.05, 3.63) is 164 Å². The van der Waals surface area contributed by atoms with Gasteiger partial charge in [0.25, 0.3) is 0 Å². The molecule has 0 radical (unpaired) electrons. The highest BCUT2D eigenvalue weighted by Gasteiger charge is 2.27. The lowest BCUT2D eigenvalue weighted by Gasteiger charge is -2.20. The van der Waals surface area contributed by atoms with Gasteiger partial charge in [-0.15, -0.1) is 0 Å². The maximum Gasteiger partial charge on any atom is 0.146 e. The van der Waals surface area contributed by atoms with E-state index in [9.17, 15) is 0 Å². The summed E-state index contributed by atoms with van der Waals surface area (Å²) in [6.07, 6.45) is 7.48. The molecule has 2 aliphatic rings. The van der Waals surface area contributed by atoms with Gasteiger partial charge < -0.3 is 4.42 Å². The van der Waals surface area contributed by atoms with Crippen LogP contribution in [0.15, 0.2) is 169 Å². The van der Waals surface area contributed by atoms with E-state index in [1.807, 2.05) is 55.1 Å². The van der Waals surface area contributed by atoms with Gasteiger partial charge in [0, 0.05) is 52.3 Å². The Morgan fingerprint density at radius 1 is 0.388 bits per heavy atom. The van der Waals surface area contributed by atoms with E-state index in [-0.39, 0.29) is 0 Å². The van der Waals surface area contributed by atoms with Crippen molar-refractivity contribution in [2.45, 2.75) is 0 Å². The number of para-hydroxylation sites is 2. The molecule has 0 saturated carbocycles. The molecule has 4 heterocycles. The molecule has 0 amide bonds. The van der Waals surface area contributed by atoms with Crippen LogP contribution in [0.1, 0.15) is 0 Å². The monoisotopic (exact) mass is 625 g/mol. The standard InChI is InChI=1S/C45H27N3O/c1-3-15-35-33(13-1)41(32-24-30(28-11-9-21-46-26-28)23-31(25-32)29-12-10-22-47-27-29)34-14-2-4-16-36(34)42(35)45-43-37-17-5-7-19-39(37)48-44(43)38-18-6-8-20-40(38)49-45/h1-27H. The first kappa shape index (κ1) is 27.5. The summed E-state index contributed by atoms with van der Waals surface area (Å²) >= 11 is 0. The van der Waals surface area contributed by atoms with Crippen molar-refractivity contribution in [3.8, 4) is 56.0 Å². The van der Waals surface area contributed by atoms with E-state index in [2.05, 4.69) is 119 Å². The highest BCUT2D eigenvalue weighted by atomic mass is 16.3. The topological polar surface area (TPSA) is 51.8 Å². The number of rotatable bonds is 4. The van der Waals surface area contributed by atoms with Crippen LogP contribution < -0.4 is 0 Å². The zero-order chi connectivity index (χ0) is 32.3. The largest absolute Gasteiger partial charge is 0.455 e. The van der Waals surface area contributed by atoms with Crippen molar-refractivity contribution >= 4 is 43.4 Å². The molecule has 8 aromatic rings. The Hall–Kier alpha value is -6.65. The zero-order valence-corrected chi connectivity index (χ0v) is 26.3. The van der Waals surface area contributed by atoms with E-state index in [1.165, 1.54) is 5.56 Å². The summed E-state index contributed by atoms with van der Waals surface area (Å²) in [5, 5.41) is 6.64. The second kappa shape index (κ2) is 11.0. The second-order valence-corrected chi connectivity index (χ2v) is 12.4. The summed E-state index contributed by atoms with van der Waals surface area (Å²) in [4.78, 5) is 14.1. The number of aromatic nitrogens is 3. The average Bonchev–Trinajstić information content (AvgIpc) is 3.57. The molecule has 0 unspecified atom stereocenters. The summed E-state index contributed by atoms with van der Waals surface area (Å²) in [6.45, 7) is 0. The van der Waals surface area contributed by atoms with Gasteiger partial charge >= 0.3 is 0 Å². The molecule has 2 aromatic heterocycles. The molecule has 10 rings (SSSR count). The van der Waals surface area contributed by atoms with E-state index in [0.717, 1.165) is 93.8 Å². The number of hydrogen-bond acceptors (Lipinski definition) is 4. The van der Waals surface area contributed by atoms with Crippen LogP contribution >= 0.6 is 0 Å². The first-order valence-electron chi connectivity index (χ1n) is 16.4. The molecule has 6 aromatic carbocycles. The lowest BCUT2D eigenvalue weighted by Crippen LogP contribution is -1.94. The summed E-state index contributed by atoms with van der Waals surface area (Å²) in [5.41, 5.74) is 11.5. The maximum atomic E-state index is 6.99. The summed E-state index contributed by atoms with van der Waals surface area (Å²) in [6, 6.07) is 49.0. The van der Waals surface area contributed by atoms with Crippen molar-refractivity contribution < 1.29 is 4.42 Å². The Morgan fingerprint density at radius 3 is 1.49 bits per heavy atom. The Balaban J connectivity index is 1.34. The van der Waals surface area contributed by atoms with Gasteiger partial charge in [-0.1, -0.05) is 91.0 Å². The van der Waals surface area contributed by atoms with Crippen molar-refractivity contribution in [1.82, 2.24) is 15.0 Å². The maximum absolute atomic E-state index is 6.99. The Morgan fingerprint density at radius 2 is 0.898 bits per heavy atom. The van der Waals surface area contributed by atoms with Crippen LogP contribution in [0.4, 0.5) is 0 Å². The van der Waals surface area contributed by atoms with Crippen LogP contribution in [-0.4, -0.2) is 15.0 Å². The Labute approximate surface area is 282 Å². The Bertz CT molecular complexity index is 2710. The fraction of sp³-hybridized carbons (Fsp3) is 0. The third-order valence-corrected chi connectivity index (χ3v) is 9.59. The van der Waals surface area contributed by atoms with Crippen LogP contribution in [0.2, 0.25) is 0 Å². The van der Waals surface area contributed by atoms with Gasteiger partial charge in [-0.25, -0.2) is 4.98 Å². The van der Waals surface area contributed by atoms with Crippen molar-refractivity contribution in [2.24, 2.45) is 0 Å². The number of fused-ring (bicyclic) bond motifs is 7.